The van der Waals surface area contributed by atoms with Crippen LogP contribution in [0.25, 0.3) is 0 Å². The molecule has 0 heterocycles. The third-order valence-corrected chi connectivity index (χ3v) is 0.857. The summed E-state index contributed by atoms with van der Waals surface area (Å²) in [5.74, 6) is 0. The van der Waals surface area contributed by atoms with Gasteiger partial charge < -0.3 is 0 Å². The molecule has 0 spiro atoms. The van der Waals surface area contributed by atoms with Crippen LogP contribution in [0.2, 0.25) is 0 Å². The molecule has 0 N–H and O–H groups in total. The monoisotopic (exact) mass is 111 g/mol. The fourth-order valence-corrected chi connectivity index (χ4v) is 0.497. The number of allylic oxidation sites excluding steroid dienone is 3. The van der Waals surface area contributed by atoms with Crippen molar-refractivity contribution in [1.82, 2.24) is 0 Å². The van der Waals surface area contributed by atoms with Gasteiger partial charge in [-0.1, -0.05) is 18.6 Å². The van der Waals surface area contributed by atoms with E-state index in [1.54, 1.807) is 6.08 Å². The maximum atomic E-state index is 9.79. The summed E-state index contributed by atoms with van der Waals surface area (Å²) in [6.07, 6.45) is 5.37. The van der Waals surface area contributed by atoms with Gasteiger partial charge in [0.2, 0.25) is 0 Å². The quantitative estimate of drug-likeness (QED) is 0.385. The zero-order valence-corrected chi connectivity index (χ0v) is 5.35. The average Bonchev–Trinajstić information content (AvgIpc) is 1.68. The minimum atomic E-state index is 0.807. The standard InChI is InChI=1S/C7H11O/c1-3-4-7(2)5-6-8/h4-6H,3H2,1-2H3. The second kappa shape index (κ2) is 4.44. The maximum Gasteiger partial charge on any atom is 0.143 e. The van der Waals surface area contributed by atoms with Gasteiger partial charge in [-0.25, -0.2) is 0 Å². The van der Waals surface area contributed by atoms with E-state index in [9.17, 15) is 5.11 Å². The van der Waals surface area contributed by atoms with Crippen molar-refractivity contribution in [2.75, 3.05) is 0 Å². The van der Waals surface area contributed by atoms with E-state index in [1.165, 1.54) is 0 Å². The summed E-state index contributed by atoms with van der Waals surface area (Å²) in [7, 11) is 0. The summed E-state index contributed by atoms with van der Waals surface area (Å²) in [5, 5.41) is 9.79. The molecule has 0 aromatic rings. The van der Waals surface area contributed by atoms with Crippen molar-refractivity contribution in [3.63, 3.8) is 0 Å². The molecule has 8 heavy (non-hydrogen) atoms. The lowest BCUT2D eigenvalue weighted by atomic mass is 10.2. The van der Waals surface area contributed by atoms with Crippen LogP contribution in [0.4, 0.5) is 0 Å². The van der Waals surface area contributed by atoms with Gasteiger partial charge in [-0.15, -0.1) is 0 Å². The summed E-state index contributed by atoms with van der Waals surface area (Å²) in [6.45, 7) is 3.96. The second-order valence-corrected chi connectivity index (χ2v) is 1.66. The summed E-state index contributed by atoms with van der Waals surface area (Å²) in [4.78, 5) is 0. The summed E-state index contributed by atoms with van der Waals surface area (Å²) < 4.78 is 0. The number of rotatable bonds is 2. The van der Waals surface area contributed by atoms with Crippen LogP contribution < -0.4 is 0 Å². The van der Waals surface area contributed by atoms with Crippen molar-refractivity contribution in [3.8, 4) is 0 Å². The molecular weight excluding hydrogens is 100 g/mol. The van der Waals surface area contributed by atoms with Crippen molar-refractivity contribution < 1.29 is 5.11 Å². The van der Waals surface area contributed by atoms with Gasteiger partial charge in [0.05, 0.1) is 0 Å². The zero-order chi connectivity index (χ0) is 6.41. The van der Waals surface area contributed by atoms with Crippen LogP contribution in [0, 0.1) is 0 Å². The van der Waals surface area contributed by atoms with Crippen LogP contribution in [0.5, 0.6) is 0 Å². The van der Waals surface area contributed by atoms with Crippen LogP contribution in [0.15, 0.2) is 24.0 Å². The first kappa shape index (κ1) is 7.28. The van der Waals surface area contributed by atoms with E-state index >= 15 is 0 Å². The fraction of sp³-hybridized carbons (Fsp3) is 0.429. The lowest BCUT2D eigenvalue weighted by Crippen LogP contribution is -1.64. The largest absolute Gasteiger partial charge is 0.299 e. The summed E-state index contributed by atoms with van der Waals surface area (Å²) in [5.41, 5.74) is 1.04. The smallest absolute Gasteiger partial charge is 0.143 e. The molecule has 0 saturated carbocycles. The van der Waals surface area contributed by atoms with Crippen LogP contribution in [0.3, 0.4) is 0 Å². The third-order valence-electron chi connectivity index (χ3n) is 0.857. The Bertz CT molecular complexity index is 101. The molecule has 0 rings (SSSR count). The first-order valence-corrected chi connectivity index (χ1v) is 2.76. The van der Waals surface area contributed by atoms with Crippen molar-refractivity contribution in [2.24, 2.45) is 0 Å². The van der Waals surface area contributed by atoms with Gasteiger partial charge in [-0.2, -0.15) is 0 Å². The Hall–Kier alpha value is -0.720. The van der Waals surface area contributed by atoms with Gasteiger partial charge in [0.1, 0.15) is 6.26 Å². The van der Waals surface area contributed by atoms with Crippen molar-refractivity contribution in [3.05, 3.63) is 24.0 Å². The molecule has 0 saturated heterocycles. The Morgan fingerprint density at radius 1 is 1.62 bits per heavy atom. The number of hydrogen-bond acceptors (Lipinski definition) is 0. The molecule has 45 valence electrons. The average molecular weight is 111 g/mol. The number of hydrogen-bond donors (Lipinski definition) is 0. The van der Waals surface area contributed by atoms with Crippen LogP contribution in [-0.2, 0) is 5.11 Å². The lowest BCUT2D eigenvalue weighted by molar-refractivity contribution is 0.351. The highest BCUT2D eigenvalue weighted by Crippen LogP contribution is 1.94. The van der Waals surface area contributed by atoms with E-state index in [4.69, 9.17) is 0 Å². The van der Waals surface area contributed by atoms with Crippen LogP contribution >= 0.6 is 0 Å². The first-order valence-electron chi connectivity index (χ1n) is 2.76. The molecule has 0 aliphatic heterocycles. The molecule has 1 heteroatoms. The Balaban J connectivity index is 3.61. The predicted octanol–water partition coefficient (Wildman–Crippen LogP) is 2.29. The predicted molar refractivity (Wildman–Crippen MR) is 33.9 cm³/mol. The Kier molecular flexibility index (Phi) is 4.04. The maximum absolute atomic E-state index is 9.79. The van der Waals surface area contributed by atoms with E-state index in [2.05, 4.69) is 0 Å². The van der Waals surface area contributed by atoms with Gasteiger partial charge in [0, 0.05) is 0 Å². The topological polar surface area (TPSA) is 19.9 Å². The lowest BCUT2D eigenvalue weighted by Gasteiger charge is -1.83. The zero-order valence-electron chi connectivity index (χ0n) is 5.35. The van der Waals surface area contributed by atoms with Gasteiger partial charge >= 0.3 is 0 Å². The van der Waals surface area contributed by atoms with Gasteiger partial charge in [0.25, 0.3) is 0 Å². The highest BCUT2D eigenvalue weighted by molar-refractivity contribution is 5.13. The molecule has 0 bridgehead atoms. The van der Waals surface area contributed by atoms with E-state index in [0.717, 1.165) is 18.3 Å². The van der Waals surface area contributed by atoms with Crippen molar-refractivity contribution >= 4 is 0 Å². The van der Waals surface area contributed by atoms with E-state index in [-0.39, 0.29) is 0 Å². The van der Waals surface area contributed by atoms with Crippen LogP contribution in [-0.4, -0.2) is 0 Å². The summed E-state index contributed by atoms with van der Waals surface area (Å²) in [6, 6.07) is 0. The molecule has 0 aliphatic rings. The molecule has 1 nitrogen and oxygen atoms in total. The fourth-order valence-electron chi connectivity index (χ4n) is 0.497. The molecule has 0 aliphatic carbocycles. The highest BCUT2D eigenvalue weighted by Gasteiger charge is 1.75. The SMILES string of the molecule is CCC=C(C)C=C[O]. The van der Waals surface area contributed by atoms with Gasteiger partial charge in [-0.3, -0.25) is 5.11 Å². The van der Waals surface area contributed by atoms with Crippen LogP contribution in [0.1, 0.15) is 20.3 Å². The molecule has 0 unspecified atom stereocenters. The van der Waals surface area contributed by atoms with Gasteiger partial charge in [0.15, 0.2) is 0 Å². The Morgan fingerprint density at radius 3 is 2.62 bits per heavy atom. The third kappa shape index (κ3) is 3.47. The molecule has 0 atom stereocenters. The minimum absolute atomic E-state index is 0.807. The van der Waals surface area contributed by atoms with E-state index < -0.39 is 0 Å². The minimum Gasteiger partial charge on any atom is -0.299 e. The molecule has 0 aromatic carbocycles. The normalized spacial score (nSPS) is 13.0. The molecule has 0 fully saturated rings. The van der Waals surface area contributed by atoms with Crippen molar-refractivity contribution in [1.29, 1.82) is 0 Å². The Labute approximate surface area is 50.3 Å². The van der Waals surface area contributed by atoms with Crippen molar-refractivity contribution in [2.45, 2.75) is 20.3 Å². The Morgan fingerprint density at radius 2 is 2.25 bits per heavy atom. The van der Waals surface area contributed by atoms with E-state index in [1.807, 2.05) is 19.9 Å². The molecule has 1 radical (unpaired) electrons. The van der Waals surface area contributed by atoms with Gasteiger partial charge in [-0.05, 0) is 19.4 Å². The molecule has 0 aromatic heterocycles. The first-order chi connectivity index (χ1) is 3.81. The molecule has 0 amide bonds. The van der Waals surface area contributed by atoms with E-state index in [0.29, 0.717) is 0 Å². The summed E-state index contributed by atoms with van der Waals surface area (Å²) >= 11 is 0. The second-order valence-electron chi connectivity index (χ2n) is 1.66. The highest BCUT2D eigenvalue weighted by atomic mass is 16.2. The molecular formula is C7H11O.